The second-order valence-corrected chi connectivity index (χ2v) is 4.82. The highest BCUT2D eigenvalue weighted by atomic mass is 16.6. The molecule has 0 bridgehead atoms. The fourth-order valence-corrected chi connectivity index (χ4v) is 2.02. The third-order valence-electron chi connectivity index (χ3n) is 3.33. The Morgan fingerprint density at radius 2 is 2.26 bits per heavy atom. The topological polar surface area (TPSA) is 119 Å². The number of carbonyl (C=O) groups excluding carboxylic acids is 1. The number of nitrogen functional groups attached to an aromatic ring is 1. The fraction of sp³-hybridized carbons (Fsp3) is 0.267. The number of fused-ring (bicyclic) bond motifs is 1. The van der Waals surface area contributed by atoms with Crippen LogP contribution >= 0.6 is 0 Å². The van der Waals surface area contributed by atoms with Gasteiger partial charge in [0.05, 0.1) is 5.69 Å². The summed E-state index contributed by atoms with van der Waals surface area (Å²) in [5.41, 5.74) is 9.63. The fourth-order valence-electron chi connectivity index (χ4n) is 2.02. The normalized spacial score (nSPS) is 12.0. The van der Waals surface area contributed by atoms with Gasteiger partial charge in [-0.25, -0.2) is 9.61 Å². The van der Waals surface area contributed by atoms with Crippen molar-refractivity contribution in [2.45, 2.75) is 19.8 Å². The minimum Gasteiger partial charge on any atom is -0.396 e. The number of nitrogens with one attached hydrogen (secondary N) is 1. The Morgan fingerprint density at radius 3 is 2.96 bits per heavy atom. The monoisotopic (exact) mass is 314 g/mol. The number of amides is 1. The Kier molecular flexibility index (Phi) is 5.19. The van der Waals surface area contributed by atoms with Gasteiger partial charge in [-0.2, -0.15) is 0 Å². The highest BCUT2D eigenvalue weighted by Gasteiger charge is 2.15. The molecule has 0 aliphatic carbocycles. The maximum atomic E-state index is 11.1. The van der Waals surface area contributed by atoms with Crippen LogP contribution in [0.5, 0.6) is 0 Å². The van der Waals surface area contributed by atoms with Crippen LogP contribution in [0.3, 0.4) is 0 Å². The predicted molar refractivity (Wildman–Crippen MR) is 87.9 cm³/mol. The van der Waals surface area contributed by atoms with Crippen LogP contribution in [0.4, 0.5) is 5.69 Å². The first-order valence-electron chi connectivity index (χ1n) is 6.97. The number of anilines is 1. The Hall–Kier alpha value is -3.03. The maximum absolute atomic E-state index is 11.1. The van der Waals surface area contributed by atoms with Gasteiger partial charge in [0.15, 0.2) is 5.52 Å². The molecule has 0 unspecified atom stereocenters. The second kappa shape index (κ2) is 7.30. The molecule has 23 heavy (non-hydrogen) atoms. The summed E-state index contributed by atoms with van der Waals surface area (Å²) in [7, 11) is 1.59. The molecule has 0 atom stereocenters. The molecule has 120 valence electrons. The molecule has 1 amide bonds. The largest absolute Gasteiger partial charge is 0.396 e. The van der Waals surface area contributed by atoms with Gasteiger partial charge in [-0.15, -0.1) is 0 Å². The lowest BCUT2D eigenvalue weighted by molar-refractivity contribution is -0.119. The lowest BCUT2D eigenvalue weighted by Crippen LogP contribution is -2.15. The zero-order valence-corrected chi connectivity index (χ0v) is 13.0. The molecule has 0 aromatic carbocycles. The van der Waals surface area contributed by atoms with Crippen molar-refractivity contribution in [2.75, 3.05) is 12.8 Å². The summed E-state index contributed by atoms with van der Waals surface area (Å²) in [5, 5.41) is 9.99. The Balaban J connectivity index is 2.21. The van der Waals surface area contributed by atoms with Gasteiger partial charge in [-0.1, -0.05) is 12.2 Å². The van der Waals surface area contributed by atoms with E-state index in [1.807, 2.05) is 6.92 Å². The molecular formula is C15H18N6O2. The number of hydrogen-bond donors (Lipinski definition) is 2. The van der Waals surface area contributed by atoms with Crippen LogP contribution in [-0.2, 0) is 11.2 Å². The molecule has 2 rings (SSSR count). The molecule has 0 aliphatic rings. The molecule has 3 N–H and O–H groups in total. The lowest BCUT2D eigenvalue weighted by atomic mass is 10.1. The third-order valence-corrected chi connectivity index (χ3v) is 3.33. The number of aromatic nitrogens is 3. The summed E-state index contributed by atoms with van der Waals surface area (Å²) in [6, 6.07) is 0. The minimum atomic E-state index is -0.0592. The van der Waals surface area contributed by atoms with Gasteiger partial charge in [0, 0.05) is 36.8 Å². The van der Waals surface area contributed by atoms with E-state index in [2.05, 4.69) is 37.0 Å². The average Bonchev–Trinajstić information content (AvgIpc) is 3.01. The average molecular weight is 314 g/mol. The summed E-state index contributed by atoms with van der Waals surface area (Å²) in [6.45, 7) is 5.39. The van der Waals surface area contributed by atoms with Crippen LogP contribution in [0.2, 0.25) is 0 Å². The molecular weight excluding hydrogens is 296 g/mol. The van der Waals surface area contributed by atoms with E-state index in [0.29, 0.717) is 35.4 Å². The maximum Gasteiger partial charge on any atom is 0.226 e. The van der Waals surface area contributed by atoms with E-state index >= 15 is 0 Å². The molecule has 0 radical (unpaired) electrons. The second-order valence-electron chi connectivity index (χ2n) is 4.82. The first-order chi connectivity index (χ1) is 11.1. The molecule has 0 saturated carbocycles. The Labute approximate surface area is 133 Å². The van der Waals surface area contributed by atoms with Crippen molar-refractivity contribution >= 4 is 29.5 Å². The summed E-state index contributed by atoms with van der Waals surface area (Å²) in [6.07, 6.45) is 6.02. The van der Waals surface area contributed by atoms with E-state index in [9.17, 15) is 4.79 Å². The van der Waals surface area contributed by atoms with Crippen LogP contribution in [-0.4, -0.2) is 35.0 Å². The number of rotatable bonds is 6. The third kappa shape index (κ3) is 3.79. The van der Waals surface area contributed by atoms with E-state index in [1.54, 1.807) is 25.3 Å². The van der Waals surface area contributed by atoms with Crippen molar-refractivity contribution < 1.29 is 9.42 Å². The van der Waals surface area contributed by atoms with Gasteiger partial charge in [0.25, 0.3) is 0 Å². The van der Waals surface area contributed by atoms with Gasteiger partial charge >= 0.3 is 0 Å². The zero-order valence-electron chi connectivity index (χ0n) is 13.0. The first-order valence-corrected chi connectivity index (χ1v) is 6.97. The summed E-state index contributed by atoms with van der Waals surface area (Å²) >= 11 is 0. The molecule has 0 fully saturated rings. The highest BCUT2D eigenvalue weighted by molar-refractivity contribution is 5.85. The highest BCUT2D eigenvalue weighted by Crippen LogP contribution is 2.25. The predicted octanol–water partition coefficient (Wildman–Crippen LogP) is 1.33. The van der Waals surface area contributed by atoms with Crippen molar-refractivity contribution in [2.24, 2.45) is 4.99 Å². The lowest BCUT2D eigenvalue weighted by Gasteiger charge is -2.08. The number of allylic oxidation sites excluding steroid dienone is 3. The van der Waals surface area contributed by atoms with E-state index in [0.717, 1.165) is 11.3 Å². The summed E-state index contributed by atoms with van der Waals surface area (Å²) in [5.74, 6) is -0.0592. The SMILES string of the molecule is C=N/C(=C\C=C/CC(=O)NC)Cc1c(C)nc2nonc2c1N. The number of aliphatic imine (C=N–C) groups is 1. The molecule has 0 spiro atoms. The first kappa shape index (κ1) is 16.3. The van der Waals surface area contributed by atoms with E-state index in [-0.39, 0.29) is 5.91 Å². The van der Waals surface area contributed by atoms with Crippen LogP contribution in [0, 0.1) is 6.92 Å². The number of carbonyl (C=O) groups is 1. The van der Waals surface area contributed by atoms with E-state index < -0.39 is 0 Å². The van der Waals surface area contributed by atoms with Gasteiger partial charge in [-0.05, 0) is 30.0 Å². The minimum absolute atomic E-state index is 0.0592. The summed E-state index contributed by atoms with van der Waals surface area (Å²) in [4.78, 5) is 19.4. The number of hydrogen-bond acceptors (Lipinski definition) is 7. The van der Waals surface area contributed by atoms with E-state index in [1.165, 1.54) is 0 Å². The number of nitrogens with zero attached hydrogens (tertiary/aromatic N) is 4. The van der Waals surface area contributed by atoms with Crippen molar-refractivity contribution in [3.05, 3.63) is 35.2 Å². The summed E-state index contributed by atoms with van der Waals surface area (Å²) < 4.78 is 4.66. The van der Waals surface area contributed by atoms with Crippen molar-refractivity contribution in [1.29, 1.82) is 0 Å². The molecule has 2 heterocycles. The van der Waals surface area contributed by atoms with Crippen molar-refractivity contribution in [3.63, 3.8) is 0 Å². The Morgan fingerprint density at radius 1 is 1.48 bits per heavy atom. The molecule has 2 aromatic rings. The standard InChI is InChI=1S/C15H18N6O2/c1-9-11(13(16)14-15(19-9)21-23-20-14)8-10(17-2)6-4-5-7-12(22)18-3/h4-6H,2,7-8,16H2,1,3H3,(H,18,22)/b5-4-,10-6-. The van der Waals surface area contributed by atoms with Crippen LogP contribution in [0.15, 0.2) is 33.5 Å². The van der Waals surface area contributed by atoms with Crippen LogP contribution in [0.1, 0.15) is 17.7 Å². The molecule has 0 saturated heterocycles. The smallest absolute Gasteiger partial charge is 0.226 e. The number of pyridine rings is 1. The number of nitrogens with two attached hydrogens (primary N) is 1. The molecule has 8 nitrogen and oxygen atoms in total. The van der Waals surface area contributed by atoms with Gasteiger partial charge in [0.2, 0.25) is 11.6 Å². The quantitative estimate of drug-likeness (QED) is 0.613. The van der Waals surface area contributed by atoms with Crippen LogP contribution < -0.4 is 11.1 Å². The van der Waals surface area contributed by atoms with Crippen LogP contribution in [0.25, 0.3) is 11.2 Å². The molecule has 0 aliphatic heterocycles. The van der Waals surface area contributed by atoms with Gasteiger partial charge < -0.3 is 11.1 Å². The van der Waals surface area contributed by atoms with Crippen molar-refractivity contribution in [1.82, 2.24) is 20.6 Å². The molecule has 8 heteroatoms. The zero-order chi connectivity index (χ0) is 16.8. The number of aryl methyl sites for hydroxylation is 1. The van der Waals surface area contributed by atoms with Gasteiger partial charge in [0.1, 0.15) is 0 Å². The molecule has 2 aromatic heterocycles. The van der Waals surface area contributed by atoms with Crippen molar-refractivity contribution in [3.8, 4) is 0 Å². The van der Waals surface area contributed by atoms with E-state index in [4.69, 9.17) is 5.73 Å². The Bertz CT molecular complexity index is 791. The van der Waals surface area contributed by atoms with Gasteiger partial charge in [-0.3, -0.25) is 9.79 Å².